The second-order valence-electron chi connectivity index (χ2n) is 8.71. The molecular weight excluding hydrogens is 322 g/mol. The zero-order valence-corrected chi connectivity index (χ0v) is 15.6. The number of aryl methyl sites for hydroxylation is 1. The Morgan fingerprint density at radius 3 is 2.35 bits per heavy atom. The lowest BCUT2D eigenvalue weighted by Gasteiger charge is -2.56. The number of nitriles is 1. The van der Waals surface area contributed by atoms with Gasteiger partial charge in [0.25, 0.3) is 5.91 Å². The van der Waals surface area contributed by atoms with Crippen molar-refractivity contribution in [3.63, 3.8) is 0 Å². The minimum atomic E-state index is -0.335. The monoisotopic (exact) mass is 349 g/mol. The molecule has 0 radical (unpaired) electrons. The van der Waals surface area contributed by atoms with E-state index in [0.29, 0.717) is 0 Å². The van der Waals surface area contributed by atoms with Crippen molar-refractivity contribution in [1.82, 2.24) is 5.32 Å². The third kappa shape index (κ3) is 3.11. The van der Waals surface area contributed by atoms with Gasteiger partial charge in [-0.15, -0.1) is 0 Å². The first-order chi connectivity index (χ1) is 12.5. The molecule has 4 aliphatic carbocycles. The third-order valence-electron chi connectivity index (χ3n) is 6.78. The van der Waals surface area contributed by atoms with E-state index >= 15 is 0 Å². The Kier molecular flexibility index (Phi) is 4.26. The number of hydrogen-bond donors (Lipinski definition) is 2. The van der Waals surface area contributed by atoms with Crippen molar-refractivity contribution in [2.24, 2.45) is 17.8 Å². The van der Waals surface area contributed by atoms with E-state index in [-0.39, 0.29) is 17.0 Å². The molecule has 4 bridgehead atoms. The molecule has 1 amide bonds. The Hall–Kier alpha value is -2.28. The van der Waals surface area contributed by atoms with Gasteiger partial charge in [0.05, 0.1) is 0 Å². The highest BCUT2D eigenvalue weighted by molar-refractivity contribution is 6.06. The largest absolute Gasteiger partial charge is 0.384 e. The minimum absolute atomic E-state index is 0.108. The molecule has 5 rings (SSSR count). The van der Waals surface area contributed by atoms with Crippen molar-refractivity contribution in [3.8, 4) is 6.07 Å². The quantitative estimate of drug-likeness (QED) is 0.632. The van der Waals surface area contributed by atoms with Crippen LogP contribution in [0.2, 0.25) is 0 Å². The van der Waals surface area contributed by atoms with Crippen LogP contribution in [-0.4, -0.2) is 11.4 Å². The van der Waals surface area contributed by atoms with Crippen LogP contribution in [0.3, 0.4) is 0 Å². The number of carbonyl (C=O) groups excluding carboxylic acids is 1. The Morgan fingerprint density at radius 2 is 1.77 bits per heavy atom. The van der Waals surface area contributed by atoms with Gasteiger partial charge in [0, 0.05) is 17.4 Å². The first kappa shape index (κ1) is 17.1. The van der Waals surface area contributed by atoms with Crippen molar-refractivity contribution >= 4 is 11.6 Å². The summed E-state index contributed by atoms with van der Waals surface area (Å²) in [4.78, 5) is 12.6. The fourth-order valence-electron chi connectivity index (χ4n) is 5.74. The molecule has 0 aliphatic heterocycles. The molecule has 0 saturated heterocycles. The lowest BCUT2D eigenvalue weighted by Crippen LogP contribution is -2.57. The zero-order chi connectivity index (χ0) is 18.3. The van der Waals surface area contributed by atoms with Crippen LogP contribution in [0.25, 0.3) is 0 Å². The van der Waals surface area contributed by atoms with Gasteiger partial charge < -0.3 is 10.6 Å². The van der Waals surface area contributed by atoms with Crippen LogP contribution in [-0.2, 0) is 4.79 Å². The SMILES string of the molecule is Cc1cccc(NC(=O)/C(C#N)=C\NC23CC4CC(CC(C4)C2)C3)c1C. The molecule has 0 aromatic heterocycles. The van der Waals surface area contributed by atoms with Gasteiger partial charge in [0.15, 0.2) is 0 Å². The van der Waals surface area contributed by atoms with Gasteiger partial charge in [-0.25, -0.2) is 0 Å². The van der Waals surface area contributed by atoms with Crippen molar-refractivity contribution in [3.05, 3.63) is 41.1 Å². The molecule has 4 saturated carbocycles. The fourth-order valence-corrected chi connectivity index (χ4v) is 5.74. The van der Waals surface area contributed by atoms with Gasteiger partial charge in [0.2, 0.25) is 0 Å². The van der Waals surface area contributed by atoms with Crippen molar-refractivity contribution < 1.29 is 4.79 Å². The van der Waals surface area contributed by atoms with Crippen LogP contribution in [0.4, 0.5) is 5.69 Å². The third-order valence-corrected chi connectivity index (χ3v) is 6.78. The molecule has 4 heteroatoms. The summed E-state index contributed by atoms with van der Waals surface area (Å²) in [6, 6.07) is 7.88. The molecule has 1 aromatic carbocycles. The normalized spacial score (nSPS) is 32.2. The molecule has 0 heterocycles. The smallest absolute Gasteiger partial charge is 0.267 e. The molecule has 2 N–H and O–H groups in total. The van der Waals surface area contributed by atoms with E-state index in [0.717, 1.165) is 34.6 Å². The van der Waals surface area contributed by atoms with E-state index in [2.05, 4.69) is 16.7 Å². The van der Waals surface area contributed by atoms with Crippen LogP contribution in [0.1, 0.15) is 49.7 Å². The number of carbonyl (C=O) groups is 1. The van der Waals surface area contributed by atoms with Gasteiger partial charge in [0.1, 0.15) is 11.6 Å². The van der Waals surface area contributed by atoms with E-state index in [1.807, 2.05) is 32.0 Å². The number of nitrogens with one attached hydrogen (secondary N) is 2. The lowest BCUT2D eigenvalue weighted by atomic mass is 9.53. The Balaban J connectivity index is 1.48. The summed E-state index contributed by atoms with van der Waals surface area (Å²) in [6.45, 7) is 4.00. The average Bonchev–Trinajstić information content (AvgIpc) is 2.58. The number of amides is 1. The maximum atomic E-state index is 12.6. The highest BCUT2D eigenvalue weighted by Gasteiger charge is 2.50. The maximum Gasteiger partial charge on any atom is 0.267 e. The van der Waals surface area contributed by atoms with Crippen molar-refractivity contribution in [2.45, 2.75) is 57.9 Å². The van der Waals surface area contributed by atoms with Gasteiger partial charge in [-0.05, 0) is 87.3 Å². The molecule has 4 aliphatic rings. The number of hydrogen-bond acceptors (Lipinski definition) is 3. The number of nitrogens with zero attached hydrogens (tertiary/aromatic N) is 1. The molecule has 4 nitrogen and oxygen atoms in total. The predicted molar refractivity (Wildman–Crippen MR) is 102 cm³/mol. The van der Waals surface area contributed by atoms with Crippen molar-refractivity contribution in [1.29, 1.82) is 5.26 Å². The molecule has 1 aromatic rings. The fraction of sp³-hybridized carbons (Fsp3) is 0.545. The van der Waals surface area contributed by atoms with E-state index in [1.54, 1.807) is 6.20 Å². The van der Waals surface area contributed by atoms with Gasteiger partial charge >= 0.3 is 0 Å². The summed E-state index contributed by atoms with van der Waals surface area (Å²) >= 11 is 0. The molecular formula is C22H27N3O. The Labute approximate surface area is 155 Å². The molecule has 0 spiro atoms. The Bertz CT molecular complexity index is 767. The van der Waals surface area contributed by atoms with Crippen LogP contribution in [0.15, 0.2) is 30.0 Å². The lowest BCUT2D eigenvalue weighted by molar-refractivity contribution is -0.112. The molecule has 26 heavy (non-hydrogen) atoms. The summed E-state index contributed by atoms with van der Waals surface area (Å²) in [7, 11) is 0. The van der Waals surface area contributed by atoms with Crippen LogP contribution < -0.4 is 10.6 Å². The summed E-state index contributed by atoms with van der Waals surface area (Å²) in [5.41, 5.74) is 3.19. The molecule has 4 fully saturated rings. The first-order valence-electron chi connectivity index (χ1n) is 9.73. The van der Waals surface area contributed by atoms with E-state index in [1.165, 1.54) is 38.5 Å². The number of benzene rings is 1. The van der Waals surface area contributed by atoms with Gasteiger partial charge in [-0.3, -0.25) is 4.79 Å². The first-order valence-corrected chi connectivity index (χ1v) is 9.73. The van der Waals surface area contributed by atoms with E-state index in [9.17, 15) is 10.1 Å². The second-order valence-corrected chi connectivity index (χ2v) is 8.71. The second kappa shape index (κ2) is 6.46. The van der Waals surface area contributed by atoms with Crippen molar-refractivity contribution in [2.75, 3.05) is 5.32 Å². The Morgan fingerprint density at radius 1 is 1.15 bits per heavy atom. The van der Waals surface area contributed by atoms with E-state index in [4.69, 9.17) is 0 Å². The van der Waals surface area contributed by atoms with Crippen LogP contribution >= 0.6 is 0 Å². The zero-order valence-electron chi connectivity index (χ0n) is 15.6. The van der Waals surface area contributed by atoms with Crippen LogP contribution in [0.5, 0.6) is 0 Å². The standard InChI is InChI=1S/C22H27N3O/c1-14-4-3-5-20(15(14)2)25-21(26)19(12-23)13-24-22-9-16-6-17(10-22)8-18(7-16)11-22/h3-5,13,16-18,24H,6-11H2,1-2H3,(H,25,26)/b19-13-. The predicted octanol–water partition coefficient (Wildman–Crippen LogP) is 4.21. The highest BCUT2D eigenvalue weighted by atomic mass is 16.1. The van der Waals surface area contributed by atoms with E-state index < -0.39 is 0 Å². The topological polar surface area (TPSA) is 64.9 Å². The molecule has 0 atom stereocenters. The summed E-state index contributed by atoms with van der Waals surface area (Å²) < 4.78 is 0. The summed E-state index contributed by atoms with van der Waals surface area (Å²) in [5, 5.41) is 15.9. The minimum Gasteiger partial charge on any atom is -0.384 e. The summed E-state index contributed by atoms with van der Waals surface area (Å²) in [5.74, 6) is 2.16. The van der Waals surface area contributed by atoms with Gasteiger partial charge in [-0.2, -0.15) is 5.26 Å². The summed E-state index contributed by atoms with van der Waals surface area (Å²) in [6.07, 6.45) is 9.37. The van der Waals surface area contributed by atoms with Crippen LogP contribution in [0, 0.1) is 42.9 Å². The van der Waals surface area contributed by atoms with Gasteiger partial charge in [-0.1, -0.05) is 12.1 Å². The molecule has 136 valence electrons. The number of anilines is 1. The average molecular weight is 349 g/mol. The molecule has 0 unspecified atom stereocenters. The maximum absolute atomic E-state index is 12.6. The number of rotatable bonds is 4. The highest BCUT2D eigenvalue weighted by Crippen LogP contribution is 2.55.